The fraction of sp³-hybridized carbons (Fsp3) is 0.158. The van der Waals surface area contributed by atoms with Crippen LogP contribution < -0.4 is 4.90 Å². The Hall–Kier alpha value is -2.77. The Bertz CT molecular complexity index is 1120. The number of pyridine rings is 1. The van der Waals surface area contributed by atoms with Gasteiger partial charge in [-0.15, -0.1) is 0 Å². The third-order valence-electron chi connectivity index (χ3n) is 4.19. The number of anilines is 1. The summed E-state index contributed by atoms with van der Waals surface area (Å²) >= 11 is 7.62. The normalized spacial score (nSPS) is 11.1. The number of carbonyl (C=O) groups excluding carboxylic acids is 1. The summed E-state index contributed by atoms with van der Waals surface area (Å²) in [5.41, 5.74) is 2.74. The monoisotopic (exact) mass is 397 g/mol. The Balaban J connectivity index is 1.81. The van der Waals surface area contributed by atoms with Gasteiger partial charge in [-0.2, -0.15) is 0 Å². The topological polar surface area (TPSA) is 63.9 Å². The van der Waals surface area contributed by atoms with Crippen molar-refractivity contribution in [2.75, 3.05) is 4.90 Å². The van der Waals surface area contributed by atoms with Crippen LogP contribution in [0.25, 0.3) is 10.2 Å². The quantitative estimate of drug-likeness (QED) is 0.516. The maximum Gasteiger partial charge on any atom is 0.296 e. The number of carbonyl (C=O) groups is 1. The molecule has 136 valence electrons. The van der Waals surface area contributed by atoms with E-state index in [-0.39, 0.29) is 5.91 Å². The zero-order valence-corrected chi connectivity index (χ0v) is 16.3. The first-order valence-corrected chi connectivity index (χ1v) is 9.47. The van der Waals surface area contributed by atoms with Crippen molar-refractivity contribution in [3.05, 3.63) is 71.0 Å². The molecule has 0 saturated carbocycles. The summed E-state index contributed by atoms with van der Waals surface area (Å²) < 4.78 is 2.65. The molecule has 0 aliphatic rings. The van der Waals surface area contributed by atoms with Gasteiger partial charge in [-0.05, 0) is 36.2 Å². The highest BCUT2D eigenvalue weighted by molar-refractivity contribution is 7.22. The van der Waals surface area contributed by atoms with Crippen LogP contribution in [0.2, 0.25) is 5.02 Å². The molecule has 4 rings (SSSR count). The van der Waals surface area contributed by atoms with Crippen LogP contribution in [0.4, 0.5) is 5.13 Å². The standard InChI is InChI=1S/C19H16ClN5OS/c1-12-8-14(20)9-15-16(12)23-19(27-15)25(11-13-4-3-5-21-10-13)18(26)17-22-6-7-24(17)2/h3-10H,11H2,1-2H3. The molecule has 8 heteroatoms. The number of aryl methyl sites for hydroxylation is 2. The van der Waals surface area contributed by atoms with Crippen LogP contribution in [-0.4, -0.2) is 25.4 Å². The lowest BCUT2D eigenvalue weighted by Crippen LogP contribution is -2.32. The van der Waals surface area contributed by atoms with E-state index in [0.717, 1.165) is 21.3 Å². The first kappa shape index (κ1) is 17.6. The molecule has 0 bridgehead atoms. The number of rotatable bonds is 4. The SMILES string of the molecule is Cc1cc(Cl)cc2sc(N(Cc3cccnc3)C(=O)c3nccn3C)nc12. The molecule has 0 fully saturated rings. The van der Waals surface area contributed by atoms with Gasteiger partial charge < -0.3 is 4.57 Å². The van der Waals surface area contributed by atoms with Gasteiger partial charge in [0.05, 0.1) is 16.8 Å². The summed E-state index contributed by atoms with van der Waals surface area (Å²) in [6.45, 7) is 2.32. The van der Waals surface area contributed by atoms with E-state index in [1.165, 1.54) is 11.3 Å². The van der Waals surface area contributed by atoms with E-state index in [0.29, 0.717) is 22.5 Å². The van der Waals surface area contributed by atoms with Gasteiger partial charge in [0.15, 0.2) is 11.0 Å². The van der Waals surface area contributed by atoms with E-state index in [4.69, 9.17) is 16.6 Å². The Labute approximate surface area is 165 Å². The van der Waals surface area contributed by atoms with Gasteiger partial charge in [0, 0.05) is 36.9 Å². The molecule has 0 atom stereocenters. The summed E-state index contributed by atoms with van der Waals surface area (Å²) in [6.07, 6.45) is 6.81. The molecule has 0 saturated heterocycles. The molecule has 0 aliphatic carbocycles. The molecular weight excluding hydrogens is 382 g/mol. The molecular formula is C19H16ClN5OS. The Morgan fingerprint density at radius 3 is 2.89 bits per heavy atom. The molecule has 0 radical (unpaired) electrons. The molecule has 0 aliphatic heterocycles. The van der Waals surface area contributed by atoms with E-state index < -0.39 is 0 Å². The van der Waals surface area contributed by atoms with Crippen LogP contribution in [0.3, 0.4) is 0 Å². The fourth-order valence-corrected chi connectivity index (χ4v) is 4.27. The van der Waals surface area contributed by atoms with Gasteiger partial charge in [-0.1, -0.05) is 29.0 Å². The minimum atomic E-state index is -0.214. The second-order valence-electron chi connectivity index (χ2n) is 6.18. The van der Waals surface area contributed by atoms with E-state index in [9.17, 15) is 4.79 Å². The van der Waals surface area contributed by atoms with Crippen molar-refractivity contribution in [1.82, 2.24) is 19.5 Å². The number of nitrogens with zero attached hydrogens (tertiary/aromatic N) is 5. The summed E-state index contributed by atoms with van der Waals surface area (Å²) in [5, 5.41) is 1.26. The number of halogens is 1. The van der Waals surface area contributed by atoms with Gasteiger partial charge in [0.1, 0.15) is 0 Å². The minimum absolute atomic E-state index is 0.214. The van der Waals surface area contributed by atoms with Gasteiger partial charge in [-0.3, -0.25) is 14.7 Å². The molecule has 1 aromatic carbocycles. The molecule has 4 aromatic rings. The number of fused-ring (bicyclic) bond motifs is 1. The Morgan fingerprint density at radius 2 is 2.19 bits per heavy atom. The summed E-state index contributed by atoms with van der Waals surface area (Å²) in [4.78, 5) is 27.9. The fourth-order valence-electron chi connectivity index (χ4n) is 2.85. The van der Waals surface area contributed by atoms with E-state index in [1.54, 1.807) is 41.3 Å². The Kier molecular flexibility index (Phi) is 4.63. The zero-order chi connectivity index (χ0) is 19.0. The Morgan fingerprint density at radius 1 is 1.33 bits per heavy atom. The molecule has 0 spiro atoms. The number of hydrogen-bond acceptors (Lipinski definition) is 5. The van der Waals surface area contributed by atoms with E-state index >= 15 is 0 Å². The van der Waals surface area contributed by atoms with Crippen molar-refractivity contribution in [2.45, 2.75) is 13.5 Å². The van der Waals surface area contributed by atoms with Gasteiger partial charge >= 0.3 is 0 Å². The minimum Gasteiger partial charge on any atom is -0.330 e. The number of amides is 1. The van der Waals surface area contributed by atoms with Crippen molar-refractivity contribution < 1.29 is 4.79 Å². The lowest BCUT2D eigenvalue weighted by atomic mass is 10.2. The maximum atomic E-state index is 13.2. The molecule has 0 N–H and O–H groups in total. The van der Waals surface area contributed by atoms with Crippen LogP contribution in [0.15, 0.2) is 49.1 Å². The molecule has 0 unspecified atom stereocenters. The van der Waals surface area contributed by atoms with Crippen LogP contribution in [0.1, 0.15) is 21.7 Å². The predicted molar refractivity (Wildman–Crippen MR) is 107 cm³/mol. The lowest BCUT2D eigenvalue weighted by Gasteiger charge is -2.19. The second kappa shape index (κ2) is 7.09. The van der Waals surface area contributed by atoms with Crippen molar-refractivity contribution >= 4 is 44.2 Å². The highest BCUT2D eigenvalue weighted by Crippen LogP contribution is 2.34. The summed E-state index contributed by atoms with van der Waals surface area (Å²) in [5.74, 6) is 0.141. The van der Waals surface area contributed by atoms with Crippen LogP contribution >= 0.6 is 22.9 Å². The molecule has 27 heavy (non-hydrogen) atoms. The van der Waals surface area contributed by atoms with Crippen molar-refractivity contribution in [3.63, 3.8) is 0 Å². The number of benzene rings is 1. The number of hydrogen-bond donors (Lipinski definition) is 0. The maximum absolute atomic E-state index is 13.2. The van der Waals surface area contributed by atoms with Crippen molar-refractivity contribution in [3.8, 4) is 0 Å². The number of aromatic nitrogens is 4. The molecule has 1 amide bonds. The molecule has 6 nitrogen and oxygen atoms in total. The first-order chi connectivity index (χ1) is 13.0. The van der Waals surface area contributed by atoms with Crippen molar-refractivity contribution in [2.24, 2.45) is 7.05 Å². The van der Waals surface area contributed by atoms with Crippen molar-refractivity contribution in [1.29, 1.82) is 0 Å². The second-order valence-corrected chi connectivity index (χ2v) is 7.63. The first-order valence-electron chi connectivity index (χ1n) is 8.27. The summed E-state index contributed by atoms with van der Waals surface area (Å²) in [6, 6.07) is 7.53. The van der Waals surface area contributed by atoms with Crippen LogP contribution in [0.5, 0.6) is 0 Å². The third-order valence-corrected chi connectivity index (χ3v) is 5.43. The zero-order valence-electron chi connectivity index (χ0n) is 14.8. The lowest BCUT2D eigenvalue weighted by molar-refractivity contribution is 0.0972. The number of thiazole rings is 1. The summed E-state index contributed by atoms with van der Waals surface area (Å²) in [7, 11) is 1.80. The van der Waals surface area contributed by atoms with Gasteiger partial charge in [-0.25, -0.2) is 9.97 Å². The average Bonchev–Trinajstić information content (AvgIpc) is 3.26. The molecule has 3 aromatic heterocycles. The predicted octanol–water partition coefficient (Wildman–Crippen LogP) is 4.23. The van der Waals surface area contributed by atoms with E-state index in [2.05, 4.69) is 9.97 Å². The van der Waals surface area contributed by atoms with E-state index in [1.807, 2.05) is 31.2 Å². The van der Waals surface area contributed by atoms with Crippen LogP contribution in [0, 0.1) is 6.92 Å². The smallest absolute Gasteiger partial charge is 0.296 e. The highest BCUT2D eigenvalue weighted by atomic mass is 35.5. The van der Waals surface area contributed by atoms with Gasteiger partial charge in [0.2, 0.25) is 0 Å². The number of imidazole rings is 1. The third kappa shape index (κ3) is 3.43. The largest absolute Gasteiger partial charge is 0.330 e. The molecule has 3 heterocycles. The average molecular weight is 398 g/mol. The van der Waals surface area contributed by atoms with Gasteiger partial charge in [0.25, 0.3) is 5.91 Å². The highest BCUT2D eigenvalue weighted by Gasteiger charge is 2.25. The van der Waals surface area contributed by atoms with Crippen LogP contribution in [-0.2, 0) is 13.6 Å².